The minimum atomic E-state index is -4.05. The molecule has 0 aliphatic carbocycles. The molecule has 0 spiro atoms. The highest BCUT2D eigenvalue weighted by atomic mass is 16.7. The van der Waals surface area contributed by atoms with Gasteiger partial charge in [0.2, 0.25) is 5.69 Å². The number of esters is 1. The van der Waals surface area contributed by atoms with Crippen molar-refractivity contribution in [1.82, 2.24) is 15.4 Å². The second-order valence-electron chi connectivity index (χ2n) is 2.92. The van der Waals surface area contributed by atoms with Crippen LogP contribution in [0.2, 0.25) is 0 Å². The van der Waals surface area contributed by atoms with E-state index in [2.05, 4.69) is 14.9 Å². The van der Waals surface area contributed by atoms with Gasteiger partial charge in [0.25, 0.3) is 0 Å². The van der Waals surface area contributed by atoms with Gasteiger partial charge in [0.15, 0.2) is 14.8 Å². The van der Waals surface area contributed by atoms with E-state index in [1.807, 2.05) is 0 Å². The molecule has 0 radical (unpaired) electrons. The second kappa shape index (κ2) is 4.59. The van der Waals surface area contributed by atoms with E-state index in [9.17, 15) is 35.1 Å². The zero-order valence-electron chi connectivity index (χ0n) is 9.00. The molecule has 0 aliphatic rings. The number of methoxy groups -OCH3 is 1. The van der Waals surface area contributed by atoms with Crippen LogP contribution in [0.4, 0.5) is 0 Å². The van der Waals surface area contributed by atoms with E-state index in [4.69, 9.17) is 0 Å². The Hall–Kier alpha value is -3.19. The van der Waals surface area contributed by atoms with E-state index < -0.39 is 37.9 Å². The number of aromatic amines is 1. The van der Waals surface area contributed by atoms with Crippen molar-refractivity contribution in [1.29, 1.82) is 0 Å². The molecule has 0 atom stereocenters. The fraction of sp³-hybridized carbons (Fsp3) is 0.400. The molecule has 102 valence electrons. The lowest BCUT2D eigenvalue weighted by Gasteiger charge is -2.06. The van der Waals surface area contributed by atoms with Crippen LogP contribution in [0.25, 0.3) is 0 Å². The van der Waals surface area contributed by atoms with Gasteiger partial charge in [0, 0.05) is 0 Å². The van der Waals surface area contributed by atoms with Gasteiger partial charge in [0.1, 0.15) is 0 Å². The highest BCUT2D eigenvalue weighted by Crippen LogP contribution is 2.27. The molecule has 1 aromatic rings. The van der Waals surface area contributed by atoms with E-state index in [1.54, 1.807) is 5.21 Å². The summed E-state index contributed by atoms with van der Waals surface area (Å²) in [5, 5.41) is 40.0. The SMILES string of the molecule is COC(=O)c1n[nH]nc1C([N+](=O)[O-])([N+](=O)[O-])[N+](=O)[O-]. The van der Waals surface area contributed by atoms with Crippen LogP contribution in [0.3, 0.4) is 0 Å². The van der Waals surface area contributed by atoms with Crippen molar-refractivity contribution < 1.29 is 24.3 Å². The number of aromatic nitrogens is 3. The molecule has 19 heavy (non-hydrogen) atoms. The topological polar surface area (TPSA) is 197 Å². The Balaban J connectivity index is 3.65. The van der Waals surface area contributed by atoms with Gasteiger partial charge in [-0.25, -0.2) is 4.79 Å². The first-order valence-corrected chi connectivity index (χ1v) is 4.23. The molecule has 0 aromatic carbocycles. The molecule has 1 heterocycles. The number of carbonyl (C=O) groups excluding carboxylic acids is 1. The summed E-state index contributed by atoms with van der Waals surface area (Å²) >= 11 is 0. The van der Waals surface area contributed by atoms with Gasteiger partial charge in [-0.15, -0.1) is 10.2 Å². The van der Waals surface area contributed by atoms with Crippen LogP contribution in [-0.4, -0.2) is 43.3 Å². The number of ether oxygens (including phenoxy) is 1. The molecule has 1 aromatic heterocycles. The average molecular weight is 276 g/mol. The summed E-state index contributed by atoms with van der Waals surface area (Å²) in [6, 6.07) is 0. The van der Waals surface area contributed by atoms with Gasteiger partial charge >= 0.3 is 17.5 Å². The highest BCUT2D eigenvalue weighted by Gasteiger charge is 2.76. The summed E-state index contributed by atoms with van der Waals surface area (Å²) in [6.07, 6.45) is 0. The summed E-state index contributed by atoms with van der Waals surface area (Å²) in [7, 11) is 0.854. The number of rotatable bonds is 5. The summed E-state index contributed by atoms with van der Waals surface area (Å²) in [6.45, 7) is 0. The number of carbonyl (C=O) groups is 1. The maximum absolute atomic E-state index is 11.2. The van der Waals surface area contributed by atoms with Crippen LogP contribution < -0.4 is 0 Å². The predicted octanol–water partition coefficient (Wildman–Crippen LogP) is -1.47. The minimum Gasteiger partial charge on any atom is -0.464 e. The Morgan fingerprint density at radius 3 is 2.00 bits per heavy atom. The van der Waals surface area contributed by atoms with Gasteiger partial charge in [-0.2, -0.15) is 5.21 Å². The first-order chi connectivity index (χ1) is 8.79. The maximum atomic E-state index is 11.2. The molecule has 14 nitrogen and oxygen atoms in total. The smallest absolute Gasteiger partial charge is 0.464 e. The molecule has 1 N–H and O–H groups in total. The molecule has 0 saturated carbocycles. The standard InChI is InChI=1S/C5H4N6O8/c1-19-4(12)2-3(7-8-6-2)5(9(13)14,10(15)16)11(17)18/h1H3,(H,6,7,8). The quantitative estimate of drug-likeness (QED) is 0.286. The molecule has 0 bridgehead atoms. The third kappa shape index (κ3) is 1.79. The van der Waals surface area contributed by atoms with E-state index >= 15 is 0 Å². The molecule has 0 aliphatic heterocycles. The second-order valence-corrected chi connectivity index (χ2v) is 2.92. The fourth-order valence-electron chi connectivity index (χ4n) is 1.16. The Morgan fingerprint density at radius 2 is 1.63 bits per heavy atom. The third-order valence-corrected chi connectivity index (χ3v) is 2.01. The van der Waals surface area contributed by atoms with Crippen molar-refractivity contribution >= 4 is 5.97 Å². The first kappa shape index (κ1) is 13.9. The Labute approximate surface area is 101 Å². The van der Waals surface area contributed by atoms with Gasteiger partial charge in [-0.05, 0) is 0 Å². The molecule has 1 rings (SSSR count). The molecule has 0 amide bonds. The van der Waals surface area contributed by atoms with E-state index in [-0.39, 0.29) is 0 Å². The van der Waals surface area contributed by atoms with E-state index in [1.165, 1.54) is 0 Å². The molecular weight excluding hydrogens is 272 g/mol. The zero-order chi connectivity index (χ0) is 14.8. The molecular formula is C5H4N6O8. The summed E-state index contributed by atoms with van der Waals surface area (Å²) in [4.78, 5) is 38.1. The van der Waals surface area contributed by atoms with Crippen LogP contribution in [0.15, 0.2) is 0 Å². The van der Waals surface area contributed by atoms with Gasteiger partial charge in [-0.3, -0.25) is 30.3 Å². The minimum absolute atomic E-state index is 0.854. The number of nitrogens with one attached hydrogen (secondary N) is 1. The largest absolute Gasteiger partial charge is 0.749 e. The Bertz CT molecular complexity index is 528. The van der Waals surface area contributed by atoms with Crippen molar-refractivity contribution in [3.05, 3.63) is 41.7 Å². The lowest BCUT2D eigenvalue weighted by molar-refractivity contribution is -0.986. The molecule has 0 unspecified atom stereocenters. The number of nitrogens with zero attached hydrogens (tertiary/aromatic N) is 5. The number of hydrogen-bond donors (Lipinski definition) is 1. The van der Waals surface area contributed by atoms with Gasteiger partial charge < -0.3 is 4.74 Å². The molecule has 14 heteroatoms. The van der Waals surface area contributed by atoms with E-state index in [0.717, 1.165) is 7.11 Å². The maximum Gasteiger partial charge on any atom is 0.749 e. The van der Waals surface area contributed by atoms with Gasteiger partial charge in [-0.1, -0.05) is 0 Å². The van der Waals surface area contributed by atoms with Crippen LogP contribution in [-0.2, 0) is 10.5 Å². The Kier molecular flexibility index (Phi) is 3.35. The van der Waals surface area contributed by atoms with Crippen molar-refractivity contribution in [3.8, 4) is 0 Å². The average Bonchev–Trinajstić information content (AvgIpc) is 2.76. The van der Waals surface area contributed by atoms with Crippen LogP contribution in [0, 0.1) is 30.3 Å². The Morgan fingerprint density at radius 1 is 1.16 bits per heavy atom. The summed E-state index contributed by atoms with van der Waals surface area (Å²) in [5.74, 6) is -5.39. The lowest BCUT2D eigenvalue weighted by atomic mass is 10.2. The van der Waals surface area contributed by atoms with Gasteiger partial charge in [0.05, 0.1) is 7.11 Å². The van der Waals surface area contributed by atoms with E-state index in [0.29, 0.717) is 0 Å². The fourth-order valence-corrected chi connectivity index (χ4v) is 1.16. The van der Waals surface area contributed by atoms with Crippen molar-refractivity contribution in [2.24, 2.45) is 0 Å². The zero-order valence-corrected chi connectivity index (χ0v) is 9.00. The van der Waals surface area contributed by atoms with Crippen LogP contribution in [0.1, 0.15) is 16.2 Å². The van der Waals surface area contributed by atoms with Crippen molar-refractivity contribution in [3.63, 3.8) is 0 Å². The normalized spacial score (nSPS) is 10.8. The molecule has 0 saturated heterocycles. The number of hydrogen-bond acceptors (Lipinski definition) is 10. The number of nitro groups is 3. The summed E-state index contributed by atoms with van der Waals surface area (Å²) in [5.41, 5.74) is -2.40. The predicted molar refractivity (Wildman–Crippen MR) is 50.4 cm³/mol. The first-order valence-electron chi connectivity index (χ1n) is 4.23. The number of H-pyrrole nitrogens is 1. The summed E-state index contributed by atoms with van der Waals surface area (Å²) < 4.78 is 4.14. The monoisotopic (exact) mass is 276 g/mol. The van der Waals surface area contributed by atoms with Crippen LogP contribution in [0.5, 0.6) is 0 Å². The molecule has 0 fully saturated rings. The van der Waals surface area contributed by atoms with Crippen molar-refractivity contribution in [2.75, 3.05) is 7.11 Å². The van der Waals surface area contributed by atoms with Crippen LogP contribution >= 0.6 is 0 Å². The van der Waals surface area contributed by atoms with Crippen molar-refractivity contribution in [2.45, 2.75) is 5.79 Å². The third-order valence-electron chi connectivity index (χ3n) is 2.01. The highest BCUT2D eigenvalue weighted by molar-refractivity contribution is 5.88. The lowest BCUT2D eigenvalue weighted by Crippen LogP contribution is -2.51.